The first-order valence-electron chi connectivity index (χ1n) is 11.0. The van der Waals surface area contributed by atoms with Gasteiger partial charge in [-0.15, -0.1) is 0 Å². The van der Waals surface area contributed by atoms with Gasteiger partial charge in [0, 0.05) is 42.5 Å². The quantitative estimate of drug-likeness (QED) is 0.328. The van der Waals surface area contributed by atoms with Crippen molar-refractivity contribution in [3.63, 3.8) is 0 Å². The van der Waals surface area contributed by atoms with Crippen LogP contribution in [0.2, 0.25) is 5.02 Å². The minimum Gasteiger partial charge on any atom is -0.497 e. The van der Waals surface area contributed by atoms with Gasteiger partial charge in [0.25, 0.3) is 5.56 Å². The third kappa shape index (κ3) is 3.88. The van der Waals surface area contributed by atoms with Crippen LogP contribution >= 0.6 is 11.6 Å². The van der Waals surface area contributed by atoms with Gasteiger partial charge in [0.1, 0.15) is 5.75 Å². The minimum absolute atomic E-state index is 0.0513. The van der Waals surface area contributed by atoms with Crippen LogP contribution in [0.3, 0.4) is 0 Å². The number of rotatable bonds is 5. The third-order valence-corrected chi connectivity index (χ3v) is 6.59. The second-order valence-corrected chi connectivity index (χ2v) is 8.81. The number of aromatic nitrogens is 3. The summed E-state index contributed by atoms with van der Waals surface area (Å²) in [5.41, 5.74) is 5.89. The summed E-state index contributed by atoms with van der Waals surface area (Å²) in [6, 6.07) is 23.7. The van der Waals surface area contributed by atoms with Gasteiger partial charge < -0.3 is 13.9 Å². The number of fused-ring (bicyclic) bond motifs is 1. The van der Waals surface area contributed by atoms with E-state index in [4.69, 9.17) is 16.3 Å². The number of ether oxygens (including phenoxy) is 1. The normalized spacial score (nSPS) is 12.1. The zero-order valence-electron chi connectivity index (χ0n) is 19.2. The number of aryl methyl sites for hydroxylation is 2. The van der Waals surface area contributed by atoms with Gasteiger partial charge in [-0.25, -0.2) is 4.98 Å². The molecule has 5 rings (SSSR count). The lowest BCUT2D eigenvalue weighted by atomic mass is 9.87. The van der Waals surface area contributed by atoms with Crippen molar-refractivity contribution in [3.8, 4) is 16.9 Å². The number of hydrogen-bond acceptors (Lipinski definition) is 3. The Labute approximate surface area is 202 Å². The van der Waals surface area contributed by atoms with Crippen molar-refractivity contribution in [2.75, 3.05) is 7.11 Å². The molecule has 0 aliphatic carbocycles. The maximum absolute atomic E-state index is 12.8. The molecule has 0 aliphatic rings. The number of pyridine rings is 1. The fourth-order valence-corrected chi connectivity index (χ4v) is 4.65. The molecule has 0 aliphatic heterocycles. The van der Waals surface area contributed by atoms with E-state index in [1.165, 1.54) is 0 Å². The highest BCUT2D eigenvalue weighted by molar-refractivity contribution is 6.30. The van der Waals surface area contributed by atoms with Crippen molar-refractivity contribution in [2.45, 2.75) is 5.92 Å². The Morgan fingerprint density at radius 3 is 2.41 bits per heavy atom. The monoisotopic (exact) mass is 469 g/mol. The largest absolute Gasteiger partial charge is 0.497 e. The van der Waals surface area contributed by atoms with Crippen LogP contribution in [0.25, 0.3) is 22.0 Å². The summed E-state index contributed by atoms with van der Waals surface area (Å²) >= 11 is 6.18. The SMILES string of the molecule is COc1cccc(-c2cc(=O)n(C)c3ccc([C@H](c4ccc(Cl)cc4)c4cncn4C)cc23)c1. The Morgan fingerprint density at radius 2 is 1.71 bits per heavy atom. The lowest BCUT2D eigenvalue weighted by Gasteiger charge is -2.21. The molecule has 0 saturated carbocycles. The molecule has 0 spiro atoms. The smallest absolute Gasteiger partial charge is 0.251 e. The molecule has 0 N–H and O–H groups in total. The highest BCUT2D eigenvalue weighted by Crippen LogP contribution is 2.36. The van der Waals surface area contributed by atoms with Crippen molar-refractivity contribution in [3.05, 3.63) is 118 Å². The molecule has 5 aromatic rings. The molecule has 0 amide bonds. The summed E-state index contributed by atoms with van der Waals surface area (Å²) in [4.78, 5) is 17.2. The Bertz CT molecular complexity index is 1550. The van der Waals surface area contributed by atoms with Gasteiger partial charge in [-0.05, 0) is 58.7 Å². The molecule has 1 atom stereocenters. The van der Waals surface area contributed by atoms with Gasteiger partial charge in [0.2, 0.25) is 0 Å². The molecule has 6 heteroatoms. The van der Waals surface area contributed by atoms with E-state index >= 15 is 0 Å². The number of benzene rings is 3. The average Bonchev–Trinajstić information content (AvgIpc) is 3.28. The first-order valence-corrected chi connectivity index (χ1v) is 11.3. The van der Waals surface area contributed by atoms with Crippen LogP contribution in [0, 0.1) is 0 Å². The van der Waals surface area contributed by atoms with Crippen LogP contribution in [0.5, 0.6) is 5.75 Å². The second kappa shape index (κ2) is 8.84. The summed E-state index contributed by atoms with van der Waals surface area (Å²) in [6.45, 7) is 0. The summed E-state index contributed by atoms with van der Waals surface area (Å²) in [5, 5.41) is 1.69. The molecule has 34 heavy (non-hydrogen) atoms. The summed E-state index contributed by atoms with van der Waals surface area (Å²) in [7, 11) is 5.44. The summed E-state index contributed by atoms with van der Waals surface area (Å²) in [5.74, 6) is 0.695. The molecule has 0 unspecified atom stereocenters. The van der Waals surface area contributed by atoms with Gasteiger partial charge in [0.05, 0.1) is 24.9 Å². The van der Waals surface area contributed by atoms with Crippen molar-refractivity contribution in [1.82, 2.24) is 14.1 Å². The molecule has 2 aromatic heterocycles. The van der Waals surface area contributed by atoms with E-state index in [0.29, 0.717) is 5.02 Å². The predicted molar refractivity (Wildman–Crippen MR) is 137 cm³/mol. The Morgan fingerprint density at radius 1 is 0.941 bits per heavy atom. The van der Waals surface area contributed by atoms with Crippen LogP contribution in [-0.4, -0.2) is 21.2 Å². The van der Waals surface area contributed by atoms with Gasteiger partial charge in [-0.3, -0.25) is 4.79 Å². The van der Waals surface area contributed by atoms with Gasteiger partial charge in [-0.2, -0.15) is 0 Å². The fraction of sp³-hybridized carbons (Fsp3) is 0.143. The molecule has 2 heterocycles. The number of nitrogens with zero attached hydrogens (tertiary/aromatic N) is 3. The Balaban J connectivity index is 1.78. The molecule has 5 nitrogen and oxygen atoms in total. The number of halogens is 1. The predicted octanol–water partition coefficient (Wildman–Crippen LogP) is 5.78. The standard InChI is InChI=1S/C28H24ClN3O2/c1-31-17-30-16-26(31)28(18-7-10-21(29)11-8-18)20-9-12-25-24(14-20)23(15-27(33)32(25)2)19-5-4-6-22(13-19)34-3/h4-17,28H,1-3H3/t28-/m0/s1. The van der Waals surface area contributed by atoms with E-state index in [2.05, 4.69) is 17.1 Å². The fourth-order valence-electron chi connectivity index (χ4n) is 4.52. The Hall–Kier alpha value is -3.83. The first-order chi connectivity index (χ1) is 16.5. The molecule has 170 valence electrons. The maximum Gasteiger partial charge on any atom is 0.251 e. The first kappa shape index (κ1) is 22.0. The maximum atomic E-state index is 12.8. The second-order valence-electron chi connectivity index (χ2n) is 8.38. The van der Waals surface area contributed by atoms with Crippen LogP contribution in [0.15, 0.2) is 90.1 Å². The topological polar surface area (TPSA) is 49.1 Å². The Kier molecular flexibility index (Phi) is 5.72. The van der Waals surface area contributed by atoms with Crippen LogP contribution in [0.4, 0.5) is 0 Å². The number of hydrogen-bond donors (Lipinski definition) is 0. The van der Waals surface area contributed by atoms with Gasteiger partial charge in [0.15, 0.2) is 0 Å². The third-order valence-electron chi connectivity index (χ3n) is 6.34. The van der Waals surface area contributed by atoms with Crippen molar-refractivity contribution in [2.24, 2.45) is 14.1 Å². The zero-order valence-corrected chi connectivity index (χ0v) is 20.0. The van der Waals surface area contributed by atoms with Crippen LogP contribution in [-0.2, 0) is 14.1 Å². The lowest BCUT2D eigenvalue weighted by molar-refractivity contribution is 0.415. The van der Waals surface area contributed by atoms with E-state index in [1.807, 2.05) is 78.7 Å². The van der Waals surface area contributed by atoms with Crippen LogP contribution in [0.1, 0.15) is 22.7 Å². The molecular formula is C28H24ClN3O2. The molecular weight excluding hydrogens is 446 g/mol. The molecule has 0 saturated heterocycles. The van der Waals surface area contributed by atoms with Gasteiger partial charge >= 0.3 is 0 Å². The number of imidazole rings is 1. The average molecular weight is 470 g/mol. The van der Waals surface area contributed by atoms with Crippen molar-refractivity contribution >= 4 is 22.5 Å². The summed E-state index contributed by atoms with van der Waals surface area (Å²) < 4.78 is 9.15. The molecule has 3 aromatic carbocycles. The van der Waals surface area contributed by atoms with E-state index in [0.717, 1.165) is 44.6 Å². The van der Waals surface area contributed by atoms with E-state index in [1.54, 1.807) is 24.8 Å². The van der Waals surface area contributed by atoms with Crippen LogP contribution < -0.4 is 10.3 Å². The van der Waals surface area contributed by atoms with Gasteiger partial charge in [-0.1, -0.05) is 41.9 Å². The highest BCUT2D eigenvalue weighted by atomic mass is 35.5. The van der Waals surface area contributed by atoms with E-state index < -0.39 is 0 Å². The molecule has 0 bridgehead atoms. The highest BCUT2D eigenvalue weighted by Gasteiger charge is 2.21. The number of methoxy groups -OCH3 is 1. The molecule has 0 radical (unpaired) electrons. The molecule has 0 fully saturated rings. The summed E-state index contributed by atoms with van der Waals surface area (Å²) in [6.07, 6.45) is 3.71. The van der Waals surface area contributed by atoms with Crippen molar-refractivity contribution in [1.29, 1.82) is 0 Å². The zero-order chi connectivity index (χ0) is 23.8. The minimum atomic E-state index is -0.0565. The lowest BCUT2D eigenvalue weighted by Crippen LogP contribution is -2.16. The van der Waals surface area contributed by atoms with E-state index in [9.17, 15) is 4.79 Å². The van der Waals surface area contributed by atoms with E-state index in [-0.39, 0.29) is 11.5 Å². The van der Waals surface area contributed by atoms with Crippen molar-refractivity contribution < 1.29 is 4.74 Å².